The number of aliphatic hydroxyl groups is 1. The van der Waals surface area contributed by atoms with Crippen LogP contribution in [0.4, 0.5) is 4.79 Å². The second-order valence-electron chi connectivity index (χ2n) is 7.05. The van der Waals surface area contributed by atoms with Gasteiger partial charge in [-0.05, 0) is 46.5 Å². The summed E-state index contributed by atoms with van der Waals surface area (Å²) in [5, 5.41) is 10.5. The molecule has 2 rings (SSSR count). The maximum Gasteiger partial charge on any atom is 0.410 e. The van der Waals surface area contributed by atoms with Gasteiger partial charge in [0, 0.05) is 13.0 Å². The molecule has 0 saturated carbocycles. The highest BCUT2D eigenvalue weighted by Crippen LogP contribution is 2.25. The minimum atomic E-state index is -0.569. The lowest BCUT2D eigenvalue weighted by Crippen LogP contribution is -2.51. The molecular weight excluding hydrogens is 286 g/mol. The van der Waals surface area contributed by atoms with Gasteiger partial charge >= 0.3 is 6.09 Å². The van der Waals surface area contributed by atoms with E-state index in [0.29, 0.717) is 32.6 Å². The molecule has 2 aliphatic heterocycles. The van der Waals surface area contributed by atoms with Gasteiger partial charge in [0.1, 0.15) is 5.60 Å². The third kappa shape index (κ3) is 5.11. The van der Waals surface area contributed by atoms with E-state index >= 15 is 0 Å². The number of carbonyl (C=O) groups is 1. The molecule has 6 heteroatoms. The molecule has 0 aromatic rings. The molecule has 0 radical (unpaired) electrons. The topological polar surface area (TPSA) is 68.2 Å². The zero-order chi connectivity index (χ0) is 16.2. The van der Waals surface area contributed by atoms with E-state index in [0.717, 1.165) is 19.3 Å². The van der Waals surface area contributed by atoms with Gasteiger partial charge in [-0.25, -0.2) is 4.79 Å². The normalized spacial score (nSPS) is 25.3. The molecule has 0 aromatic heterocycles. The molecule has 1 N–H and O–H groups in total. The molecule has 2 aliphatic rings. The highest BCUT2D eigenvalue weighted by atomic mass is 16.7. The van der Waals surface area contributed by atoms with Crippen molar-refractivity contribution in [2.24, 2.45) is 0 Å². The van der Waals surface area contributed by atoms with Gasteiger partial charge in [0.05, 0.1) is 25.4 Å². The maximum absolute atomic E-state index is 12.3. The SMILES string of the molecule is CC(C)(C)OC(=O)N1CCCC[C@@H]1C(O)CCC1OCCO1. The molecule has 2 atom stereocenters. The first-order valence-electron chi connectivity index (χ1n) is 8.28. The van der Waals surface area contributed by atoms with Crippen molar-refractivity contribution in [3.63, 3.8) is 0 Å². The number of likely N-dealkylation sites (tertiary alicyclic amines) is 1. The minimum Gasteiger partial charge on any atom is -0.444 e. The number of ether oxygens (including phenoxy) is 3. The summed E-state index contributed by atoms with van der Waals surface area (Å²) in [5.74, 6) is 0. The fourth-order valence-electron chi connectivity index (χ4n) is 2.98. The van der Waals surface area contributed by atoms with Crippen molar-refractivity contribution >= 4 is 6.09 Å². The molecule has 2 saturated heterocycles. The Hall–Kier alpha value is -0.850. The fourth-order valence-corrected chi connectivity index (χ4v) is 2.98. The van der Waals surface area contributed by atoms with E-state index in [1.165, 1.54) is 0 Å². The van der Waals surface area contributed by atoms with Crippen molar-refractivity contribution in [1.82, 2.24) is 4.90 Å². The first-order chi connectivity index (χ1) is 10.4. The van der Waals surface area contributed by atoms with E-state index in [1.54, 1.807) is 4.90 Å². The van der Waals surface area contributed by atoms with E-state index in [-0.39, 0.29) is 18.4 Å². The number of hydrogen-bond acceptors (Lipinski definition) is 5. The summed E-state index contributed by atoms with van der Waals surface area (Å²) in [6.45, 7) is 7.45. The number of piperidine rings is 1. The Labute approximate surface area is 132 Å². The smallest absolute Gasteiger partial charge is 0.410 e. The van der Waals surface area contributed by atoms with Crippen molar-refractivity contribution < 1.29 is 24.1 Å². The molecule has 2 fully saturated rings. The van der Waals surface area contributed by atoms with Gasteiger partial charge in [0.25, 0.3) is 0 Å². The van der Waals surface area contributed by atoms with Crippen molar-refractivity contribution in [3.05, 3.63) is 0 Å². The Morgan fingerprint density at radius 1 is 1.32 bits per heavy atom. The Morgan fingerprint density at radius 2 is 2.00 bits per heavy atom. The first-order valence-corrected chi connectivity index (χ1v) is 8.28. The molecule has 2 heterocycles. The predicted octanol–water partition coefficient (Wildman–Crippen LogP) is 2.29. The van der Waals surface area contributed by atoms with E-state index in [9.17, 15) is 9.90 Å². The number of amides is 1. The summed E-state index contributed by atoms with van der Waals surface area (Å²) in [4.78, 5) is 14.0. The zero-order valence-electron chi connectivity index (χ0n) is 13.9. The highest BCUT2D eigenvalue weighted by Gasteiger charge is 2.35. The Kier molecular flexibility index (Phi) is 6.06. The van der Waals surface area contributed by atoms with Gasteiger partial charge in [-0.1, -0.05) is 0 Å². The summed E-state index contributed by atoms with van der Waals surface area (Å²) >= 11 is 0. The van der Waals surface area contributed by atoms with E-state index in [1.807, 2.05) is 20.8 Å². The van der Waals surface area contributed by atoms with Crippen LogP contribution in [-0.4, -0.2) is 59.9 Å². The summed E-state index contributed by atoms with van der Waals surface area (Å²) in [6, 6.07) is -0.176. The third-order valence-electron chi connectivity index (χ3n) is 4.01. The van der Waals surface area contributed by atoms with E-state index < -0.39 is 11.7 Å². The Morgan fingerprint density at radius 3 is 2.64 bits per heavy atom. The molecule has 0 bridgehead atoms. The van der Waals surface area contributed by atoms with Crippen LogP contribution in [0, 0.1) is 0 Å². The van der Waals surface area contributed by atoms with Gasteiger partial charge < -0.3 is 24.2 Å². The van der Waals surface area contributed by atoms with Crippen LogP contribution in [0.25, 0.3) is 0 Å². The molecule has 0 aliphatic carbocycles. The van der Waals surface area contributed by atoms with Crippen LogP contribution in [-0.2, 0) is 14.2 Å². The average Bonchev–Trinajstić information content (AvgIpc) is 2.96. The van der Waals surface area contributed by atoms with Gasteiger partial charge in [-0.15, -0.1) is 0 Å². The highest BCUT2D eigenvalue weighted by molar-refractivity contribution is 5.68. The second-order valence-corrected chi connectivity index (χ2v) is 7.05. The van der Waals surface area contributed by atoms with Crippen molar-refractivity contribution in [1.29, 1.82) is 0 Å². The lowest BCUT2D eigenvalue weighted by molar-refractivity contribution is -0.0625. The van der Waals surface area contributed by atoms with Crippen LogP contribution < -0.4 is 0 Å². The summed E-state index contributed by atoms with van der Waals surface area (Å²) in [5.41, 5.74) is -0.518. The molecule has 0 spiro atoms. The lowest BCUT2D eigenvalue weighted by Gasteiger charge is -2.39. The molecular formula is C16H29NO5. The number of aliphatic hydroxyl groups excluding tert-OH is 1. The van der Waals surface area contributed by atoms with Crippen LogP contribution in [0.5, 0.6) is 0 Å². The predicted molar refractivity (Wildman–Crippen MR) is 81.5 cm³/mol. The standard InChI is InChI=1S/C16H29NO5/c1-16(2,3)22-15(19)17-9-5-4-6-12(17)13(18)7-8-14-20-10-11-21-14/h12-14,18H,4-11H2,1-3H3/t12-,13?/m1/s1. The van der Waals surface area contributed by atoms with Crippen LogP contribution in [0.2, 0.25) is 0 Å². The Balaban J connectivity index is 1.88. The number of nitrogens with zero attached hydrogens (tertiary/aromatic N) is 1. The van der Waals surface area contributed by atoms with Crippen molar-refractivity contribution in [3.8, 4) is 0 Å². The molecule has 0 aromatic carbocycles. The molecule has 1 amide bonds. The molecule has 128 valence electrons. The van der Waals surface area contributed by atoms with Gasteiger partial charge in [-0.3, -0.25) is 0 Å². The number of carbonyl (C=O) groups excluding carboxylic acids is 1. The molecule has 22 heavy (non-hydrogen) atoms. The first kappa shape index (κ1) is 17.5. The van der Waals surface area contributed by atoms with E-state index in [2.05, 4.69) is 0 Å². The summed E-state index contributed by atoms with van der Waals surface area (Å²) in [7, 11) is 0. The van der Waals surface area contributed by atoms with Crippen molar-refractivity contribution in [2.75, 3.05) is 19.8 Å². The summed E-state index contributed by atoms with van der Waals surface area (Å²) < 4.78 is 16.2. The average molecular weight is 315 g/mol. The van der Waals surface area contributed by atoms with Crippen LogP contribution in [0.15, 0.2) is 0 Å². The largest absolute Gasteiger partial charge is 0.444 e. The third-order valence-corrected chi connectivity index (χ3v) is 4.01. The quantitative estimate of drug-likeness (QED) is 0.862. The second kappa shape index (κ2) is 7.62. The number of rotatable bonds is 4. The lowest BCUT2D eigenvalue weighted by atomic mass is 9.95. The summed E-state index contributed by atoms with van der Waals surface area (Å²) in [6.07, 6.45) is 2.90. The zero-order valence-corrected chi connectivity index (χ0v) is 13.9. The van der Waals surface area contributed by atoms with Crippen LogP contribution in [0.1, 0.15) is 52.9 Å². The maximum atomic E-state index is 12.3. The fraction of sp³-hybridized carbons (Fsp3) is 0.938. The molecule has 1 unspecified atom stereocenters. The van der Waals surface area contributed by atoms with Crippen molar-refractivity contribution in [2.45, 2.75) is 76.9 Å². The minimum absolute atomic E-state index is 0.176. The van der Waals surface area contributed by atoms with Gasteiger partial charge in [0.15, 0.2) is 6.29 Å². The number of hydrogen-bond donors (Lipinski definition) is 1. The van der Waals surface area contributed by atoms with Crippen LogP contribution in [0.3, 0.4) is 0 Å². The van der Waals surface area contributed by atoms with E-state index in [4.69, 9.17) is 14.2 Å². The van der Waals surface area contributed by atoms with Gasteiger partial charge in [0.2, 0.25) is 0 Å². The Bertz CT molecular complexity index is 362. The van der Waals surface area contributed by atoms with Gasteiger partial charge in [-0.2, -0.15) is 0 Å². The monoisotopic (exact) mass is 315 g/mol. The van der Waals surface area contributed by atoms with Crippen LogP contribution >= 0.6 is 0 Å². The molecule has 6 nitrogen and oxygen atoms in total.